The summed E-state index contributed by atoms with van der Waals surface area (Å²) < 4.78 is 5.19. The van der Waals surface area contributed by atoms with Gasteiger partial charge in [0, 0.05) is 24.0 Å². The van der Waals surface area contributed by atoms with Crippen LogP contribution in [0.3, 0.4) is 0 Å². The van der Waals surface area contributed by atoms with Gasteiger partial charge < -0.3 is 10.1 Å². The number of hydrogen-bond donors (Lipinski definition) is 1. The van der Waals surface area contributed by atoms with Crippen molar-refractivity contribution in [1.82, 2.24) is 14.9 Å². The summed E-state index contributed by atoms with van der Waals surface area (Å²) in [6.45, 7) is 5.40. The van der Waals surface area contributed by atoms with E-state index in [1.165, 1.54) is 44.1 Å². The molecule has 2 aromatic carbocycles. The fourth-order valence-electron chi connectivity index (χ4n) is 3.77. The van der Waals surface area contributed by atoms with Gasteiger partial charge in [0.1, 0.15) is 11.4 Å². The van der Waals surface area contributed by atoms with Crippen LogP contribution in [0.2, 0.25) is 0 Å². The second-order valence-corrected chi connectivity index (χ2v) is 7.70. The maximum atomic E-state index is 12.4. The van der Waals surface area contributed by atoms with Gasteiger partial charge in [-0.05, 0) is 50.6 Å². The van der Waals surface area contributed by atoms with Crippen LogP contribution in [0.15, 0.2) is 60.8 Å². The molecule has 2 heterocycles. The summed E-state index contributed by atoms with van der Waals surface area (Å²) in [6, 6.07) is 18.0. The Morgan fingerprint density at radius 1 is 1.03 bits per heavy atom. The van der Waals surface area contributed by atoms with Gasteiger partial charge in [0.25, 0.3) is 0 Å². The Morgan fingerprint density at radius 2 is 1.77 bits per heavy atom. The monoisotopic (exact) mass is 416 g/mol. The Kier molecular flexibility index (Phi) is 6.89. The number of nitrogens with one attached hydrogen (secondary N) is 1. The van der Waals surface area contributed by atoms with Crippen molar-refractivity contribution in [2.24, 2.45) is 0 Å². The molecule has 160 valence electrons. The Balaban J connectivity index is 1.55. The number of carbonyl (C=O) groups is 1. The van der Waals surface area contributed by atoms with Crippen LogP contribution in [-0.4, -0.2) is 40.5 Å². The molecule has 1 N–H and O–H groups in total. The summed E-state index contributed by atoms with van der Waals surface area (Å²) in [5, 5.41) is 3.29. The molecule has 0 aliphatic carbocycles. The molecule has 6 heteroatoms. The Morgan fingerprint density at radius 3 is 2.48 bits per heavy atom. The lowest BCUT2D eigenvalue weighted by Crippen LogP contribution is -2.29. The molecule has 0 atom stereocenters. The molecule has 1 aliphatic rings. The van der Waals surface area contributed by atoms with Crippen LogP contribution in [0.25, 0.3) is 11.4 Å². The average Bonchev–Trinajstić information content (AvgIpc) is 2.82. The summed E-state index contributed by atoms with van der Waals surface area (Å²) in [7, 11) is 0. The molecule has 4 rings (SSSR count). The highest BCUT2D eigenvalue weighted by Crippen LogP contribution is 2.24. The quantitative estimate of drug-likeness (QED) is 0.544. The van der Waals surface area contributed by atoms with Crippen LogP contribution in [0.5, 0.6) is 0 Å². The van der Waals surface area contributed by atoms with Gasteiger partial charge in [-0.15, -0.1) is 0 Å². The number of piperidine rings is 1. The highest BCUT2D eigenvalue weighted by atomic mass is 16.5. The molecule has 0 spiro atoms. The van der Waals surface area contributed by atoms with E-state index in [1.807, 2.05) is 42.5 Å². The number of likely N-dealkylation sites (tertiary alicyclic amines) is 1. The number of hydrogen-bond acceptors (Lipinski definition) is 6. The van der Waals surface area contributed by atoms with E-state index >= 15 is 0 Å². The van der Waals surface area contributed by atoms with Crippen LogP contribution >= 0.6 is 0 Å². The van der Waals surface area contributed by atoms with Gasteiger partial charge in [-0.3, -0.25) is 4.90 Å². The number of nitrogens with zero attached hydrogens (tertiary/aromatic N) is 3. The minimum absolute atomic E-state index is 0.296. The molecule has 1 saturated heterocycles. The lowest BCUT2D eigenvalue weighted by Gasteiger charge is -2.26. The molecule has 31 heavy (non-hydrogen) atoms. The van der Waals surface area contributed by atoms with Crippen molar-refractivity contribution < 1.29 is 9.53 Å². The molecule has 1 aliphatic heterocycles. The van der Waals surface area contributed by atoms with Crippen molar-refractivity contribution >= 4 is 17.5 Å². The predicted molar refractivity (Wildman–Crippen MR) is 122 cm³/mol. The number of carbonyl (C=O) groups excluding carboxylic acids is 1. The SMILES string of the molecule is CCOC(=O)c1cnc(-c2ccccc2)nc1Nc1ccc(CN2CCCCC2)cc1. The van der Waals surface area contributed by atoms with E-state index < -0.39 is 5.97 Å². The molecule has 0 saturated carbocycles. The first kappa shape index (κ1) is 21.0. The van der Waals surface area contributed by atoms with Gasteiger partial charge in [0.2, 0.25) is 0 Å². The number of aromatic nitrogens is 2. The van der Waals surface area contributed by atoms with E-state index in [4.69, 9.17) is 4.74 Å². The fraction of sp³-hybridized carbons (Fsp3) is 0.320. The standard InChI is InChI=1S/C25H28N4O2/c1-2-31-25(30)22-17-26-23(20-9-5-3-6-10-20)28-24(22)27-21-13-11-19(12-14-21)18-29-15-7-4-8-16-29/h3,5-6,9-14,17H,2,4,7-8,15-16,18H2,1H3,(H,26,27,28). The molecule has 1 aromatic heterocycles. The molecule has 0 bridgehead atoms. The number of ether oxygens (including phenoxy) is 1. The zero-order valence-electron chi connectivity index (χ0n) is 17.9. The molecule has 3 aromatic rings. The first-order valence-electron chi connectivity index (χ1n) is 10.9. The summed E-state index contributed by atoms with van der Waals surface area (Å²) in [6.07, 6.45) is 5.44. The third-order valence-corrected chi connectivity index (χ3v) is 5.39. The lowest BCUT2D eigenvalue weighted by atomic mass is 10.1. The highest BCUT2D eigenvalue weighted by Gasteiger charge is 2.17. The van der Waals surface area contributed by atoms with Crippen molar-refractivity contribution in [3.05, 3.63) is 71.9 Å². The van der Waals surface area contributed by atoms with Gasteiger partial charge in [-0.1, -0.05) is 48.9 Å². The van der Waals surface area contributed by atoms with Crippen molar-refractivity contribution in [1.29, 1.82) is 0 Å². The van der Waals surface area contributed by atoms with E-state index in [2.05, 4.69) is 32.3 Å². The molecule has 1 fully saturated rings. The first-order chi connectivity index (χ1) is 15.2. The lowest BCUT2D eigenvalue weighted by molar-refractivity contribution is 0.0526. The highest BCUT2D eigenvalue weighted by molar-refractivity contribution is 5.95. The predicted octanol–water partition coefficient (Wildman–Crippen LogP) is 5.05. The first-order valence-corrected chi connectivity index (χ1v) is 10.9. The number of esters is 1. The van der Waals surface area contributed by atoms with Crippen LogP contribution in [0.1, 0.15) is 42.1 Å². The average molecular weight is 417 g/mol. The second kappa shape index (κ2) is 10.2. The maximum Gasteiger partial charge on any atom is 0.343 e. The summed E-state index contributed by atoms with van der Waals surface area (Å²) >= 11 is 0. The zero-order valence-corrected chi connectivity index (χ0v) is 17.9. The van der Waals surface area contributed by atoms with E-state index in [1.54, 1.807) is 6.92 Å². The number of rotatable bonds is 7. The molecule has 6 nitrogen and oxygen atoms in total. The smallest absolute Gasteiger partial charge is 0.343 e. The molecular weight excluding hydrogens is 388 g/mol. The van der Waals surface area contributed by atoms with Gasteiger partial charge in [0.15, 0.2) is 5.82 Å². The molecule has 0 unspecified atom stereocenters. The van der Waals surface area contributed by atoms with E-state index in [9.17, 15) is 4.79 Å². The largest absolute Gasteiger partial charge is 0.462 e. The minimum Gasteiger partial charge on any atom is -0.462 e. The van der Waals surface area contributed by atoms with Crippen LogP contribution in [0, 0.1) is 0 Å². The topological polar surface area (TPSA) is 67.3 Å². The van der Waals surface area contributed by atoms with Crippen LogP contribution in [0.4, 0.5) is 11.5 Å². The molecule has 0 radical (unpaired) electrons. The Bertz CT molecular complexity index is 1000. The van der Waals surface area contributed by atoms with Crippen LogP contribution in [-0.2, 0) is 11.3 Å². The summed E-state index contributed by atoms with van der Waals surface area (Å²) in [5.41, 5.74) is 3.35. The zero-order chi connectivity index (χ0) is 21.5. The van der Waals surface area contributed by atoms with Gasteiger partial charge in [-0.25, -0.2) is 14.8 Å². The van der Waals surface area contributed by atoms with Gasteiger partial charge >= 0.3 is 5.97 Å². The maximum absolute atomic E-state index is 12.4. The summed E-state index contributed by atoms with van der Waals surface area (Å²) in [4.78, 5) is 23.9. The third kappa shape index (κ3) is 5.47. The number of benzene rings is 2. The fourth-order valence-corrected chi connectivity index (χ4v) is 3.77. The third-order valence-electron chi connectivity index (χ3n) is 5.39. The summed E-state index contributed by atoms with van der Waals surface area (Å²) in [5.74, 6) is 0.556. The van der Waals surface area contributed by atoms with Crippen molar-refractivity contribution in [2.45, 2.75) is 32.7 Å². The Hall–Kier alpha value is -3.25. The normalized spacial score (nSPS) is 14.2. The van der Waals surface area contributed by atoms with E-state index in [0.717, 1.165) is 17.8 Å². The van der Waals surface area contributed by atoms with Crippen molar-refractivity contribution in [3.63, 3.8) is 0 Å². The van der Waals surface area contributed by atoms with E-state index in [0.29, 0.717) is 23.8 Å². The van der Waals surface area contributed by atoms with Gasteiger partial charge in [-0.2, -0.15) is 0 Å². The minimum atomic E-state index is -0.439. The van der Waals surface area contributed by atoms with Crippen molar-refractivity contribution in [3.8, 4) is 11.4 Å². The van der Waals surface area contributed by atoms with Crippen LogP contribution < -0.4 is 5.32 Å². The molecular formula is C25H28N4O2. The van der Waals surface area contributed by atoms with Crippen molar-refractivity contribution in [2.75, 3.05) is 25.0 Å². The Labute approximate surface area is 183 Å². The second-order valence-electron chi connectivity index (χ2n) is 7.70. The van der Waals surface area contributed by atoms with E-state index in [-0.39, 0.29) is 0 Å². The number of anilines is 2. The van der Waals surface area contributed by atoms with Gasteiger partial charge in [0.05, 0.1) is 6.61 Å². The molecule has 0 amide bonds.